The number of hydrogen-bond acceptors (Lipinski definition) is 5. The van der Waals surface area contributed by atoms with Crippen LogP contribution in [0.2, 0.25) is 0 Å². The summed E-state index contributed by atoms with van der Waals surface area (Å²) in [5.41, 5.74) is 2.32. The zero-order chi connectivity index (χ0) is 14.8. The Morgan fingerprint density at radius 3 is 3.00 bits per heavy atom. The molecule has 2 aromatic rings. The molecule has 110 valence electrons. The molecule has 0 fully saturated rings. The first-order chi connectivity index (χ1) is 10.1. The number of rotatable bonds is 2. The largest absolute Gasteiger partial charge is 0.492 e. The molecule has 0 saturated heterocycles. The predicted molar refractivity (Wildman–Crippen MR) is 77.6 cm³/mol. The van der Waals surface area contributed by atoms with Gasteiger partial charge in [-0.15, -0.1) is 0 Å². The van der Waals surface area contributed by atoms with Gasteiger partial charge in [-0.1, -0.05) is 0 Å². The second kappa shape index (κ2) is 5.57. The van der Waals surface area contributed by atoms with Crippen LogP contribution in [0.5, 0.6) is 5.75 Å². The van der Waals surface area contributed by atoms with Gasteiger partial charge in [-0.2, -0.15) is 0 Å². The Morgan fingerprint density at radius 1 is 1.38 bits per heavy atom. The zero-order valence-electron chi connectivity index (χ0n) is 12.0. The predicted octanol–water partition coefficient (Wildman–Crippen LogP) is 2.03. The zero-order valence-corrected chi connectivity index (χ0v) is 12.0. The van der Waals surface area contributed by atoms with Crippen LogP contribution in [0.3, 0.4) is 0 Å². The van der Waals surface area contributed by atoms with E-state index in [2.05, 4.69) is 15.6 Å². The number of anilines is 1. The van der Waals surface area contributed by atoms with Crippen LogP contribution in [-0.4, -0.2) is 24.0 Å². The highest BCUT2D eigenvalue weighted by Crippen LogP contribution is 2.24. The van der Waals surface area contributed by atoms with Gasteiger partial charge in [0.1, 0.15) is 12.4 Å². The minimum atomic E-state index is -0.296. The number of aromatic nitrogens is 1. The molecule has 6 nitrogen and oxygen atoms in total. The molecule has 3 rings (SSSR count). The molecule has 0 bridgehead atoms. The van der Waals surface area contributed by atoms with Crippen molar-refractivity contribution in [1.82, 2.24) is 10.3 Å². The molecule has 0 spiro atoms. The molecular weight excluding hydrogens is 270 g/mol. The van der Waals surface area contributed by atoms with Gasteiger partial charge in [-0.3, -0.25) is 4.79 Å². The molecule has 0 saturated carbocycles. The molecule has 6 heteroatoms. The van der Waals surface area contributed by atoms with E-state index in [-0.39, 0.29) is 11.7 Å². The van der Waals surface area contributed by atoms with Crippen LogP contribution in [-0.2, 0) is 6.54 Å². The third-order valence-corrected chi connectivity index (χ3v) is 3.28. The van der Waals surface area contributed by atoms with Gasteiger partial charge in [-0.05, 0) is 25.1 Å². The minimum Gasteiger partial charge on any atom is -0.492 e. The summed E-state index contributed by atoms with van der Waals surface area (Å²) in [5, 5.41) is 6.09. The number of aryl methyl sites for hydroxylation is 2. The summed E-state index contributed by atoms with van der Waals surface area (Å²) in [6.45, 7) is 5.65. The van der Waals surface area contributed by atoms with E-state index in [0.717, 1.165) is 24.4 Å². The second-order valence-corrected chi connectivity index (χ2v) is 4.95. The highest BCUT2D eigenvalue weighted by atomic mass is 16.5. The standard InChI is InChI=1S/C15H17N3O3/c1-9-14(21-10(2)17-9)15(19)18-12-3-4-13-11(7-12)8-16-5-6-20-13/h3-4,7,16H,5-6,8H2,1-2H3,(H,18,19). The van der Waals surface area contributed by atoms with Crippen LogP contribution in [0, 0.1) is 13.8 Å². The third-order valence-electron chi connectivity index (χ3n) is 3.28. The van der Waals surface area contributed by atoms with Gasteiger partial charge in [0, 0.05) is 31.3 Å². The minimum absolute atomic E-state index is 0.247. The van der Waals surface area contributed by atoms with Crippen molar-refractivity contribution >= 4 is 11.6 Å². The Hall–Kier alpha value is -2.34. The monoisotopic (exact) mass is 287 g/mol. The van der Waals surface area contributed by atoms with Crippen LogP contribution in [0.25, 0.3) is 0 Å². The maximum Gasteiger partial charge on any atom is 0.293 e. The fourth-order valence-corrected chi connectivity index (χ4v) is 2.32. The lowest BCUT2D eigenvalue weighted by Gasteiger charge is -2.09. The second-order valence-electron chi connectivity index (χ2n) is 4.95. The summed E-state index contributed by atoms with van der Waals surface area (Å²) >= 11 is 0. The van der Waals surface area contributed by atoms with Gasteiger partial charge >= 0.3 is 0 Å². The summed E-state index contributed by atoms with van der Waals surface area (Å²) in [6.07, 6.45) is 0. The molecule has 2 N–H and O–H groups in total. The lowest BCUT2D eigenvalue weighted by Crippen LogP contribution is -2.16. The highest BCUT2D eigenvalue weighted by molar-refractivity contribution is 6.03. The quantitative estimate of drug-likeness (QED) is 0.883. The maximum atomic E-state index is 12.2. The van der Waals surface area contributed by atoms with Crippen molar-refractivity contribution in [1.29, 1.82) is 0 Å². The normalized spacial score (nSPS) is 14.0. The van der Waals surface area contributed by atoms with E-state index in [4.69, 9.17) is 9.15 Å². The number of hydrogen-bond donors (Lipinski definition) is 2. The fraction of sp³-hybridized carbons (Fsp3) is 0.333. The molecule has 21 heavy (non-hydrogen) atoms. The Labute approximate surface area is 122 Å². The van der Waals surface area contributed by atoms with Crippen LogP contribution in [0.4, 0.5) is 5.69 Å². The Kier molecular flexibility index (Phi) is 3.62. The van der Waals surface area contributed by atoms with E-state index in [9.17, 15) is 4.79 Å². The van der Waals surface area contributed by atoms with Gasteiger partial charge in [0.25, 0.3) is 5.91 Å². The third kappa shape index (κ3) is 2.90. The van der Waals surface area contributed by atoms with Crippen molar-refractivity contribution in [2.24, 2.45) is 0 Å². The van der Waals surface area contributed by atoms with Crippen molar-refractivity contribution in [3.8, 4) is 5.75 Å². The summed E-state index contributed by atoms with van der Waals surface area (Å²) < 4.78 is 10.9. The van der Waals surface area contributed by atoms with E-state index in [1.165, 1.54) is 0 Å². The van der Waals surface area contributed by atoms with Crippen molar-refractivity contribution in [3.05, 3.63) is 41.1 Å². The van der Waals surface area contributed by atoms with Crippen molar-refractivity contribution in [2.75, 3.05) is 18.5 Å². The average molecular weight is 287 g/mol. The first-order valence-electron chi connectivity index (χ1n) is 6.85. The first-order valence-corrected chi connectivity index (χ1v) is 6.85. The number of carbonyl (C=O) groups is 1. The Morgan fingerprint density at radius 2 is 2.24 bits per heavy atom. The molecule has 0 radical (unpaired) electrons. The number of ether oxygens (including phenoxy) is 1. The molecule has 0 unspecified atom stereocenters. The molecular formula is C15H17N3O3. The van der Waals surface area contributed by atoms with Crippen LogP contribution >= 0.6 is 0 Å². The molecule has 1 aliphatic rings. The molecule has 1 aliphatic heterocycles. The summed E-state index contributed by atoms with van der Waals surface area (Å²) in [6, 6.07) is 5.60. The van der Waals surface area contributed by atoms with Crippen molar-refractivity contribution < 1.29 is 13.9 Å². The summed E-state index contributed by atoms with van der Waals surface area (Å²) in [4.78, 5) is 16.3. The van der Waals surface area contributed by atoms with Gasteiger partial charge in [-0.25, -0.2) is 4.98 Å². The molecule has 1 amide bonds. The first kappa shape index (κ1) is 13.6. The highest BCUT2D eigenvalue weighted by Gasteiger charge is 2.17. The summed E-state index contributed by atoms with van der Waals surface area (Å²) in [7, 11) is 0. The maximum absolute atomic E-state index is 12.2. The smallest absolute Gasteiger partial charge is 0.293 e. The van der Waals surface area contributed by atoms with Crippen LogP contribution in [0.1, 0.15) is 27.7 Å². The SMILES string of the molecule is Cc1nc(C)c(C(=O)Nc2ccc3c(c2)CNCCO3)o1. The van der Waals surface area contributed by atoms with Crippen LogP contribution in [0.15, 0.2) is 22.6 Å². The molecule has 1 aromatic heterocycles. The number of nitrogens with zero attached hydrogens (tertiary/aromatic N) is 1. The number of fused-ring (bicyclic) bond motifs is 1. The molecule has 0 atom stereocenters. The molecule has 1 aromatic carbocycles. The number of oxazole rings is 1. The van der Waals surface area contributed by atoms with E-state index in [0.29, 0.717) is 23.9 Å². The Balaban J connectivity index is 1.80. The van der Waals surface area contributed by atoms with E-state index >= 15 is 0 Å². The number of amides is 1. The average Bonchev–Trinajstić information content (AvgIpc) is 2.66. The Bertz CT molecular complexity index is 679. The molecule has 2 heterocycles. The van der Waals surface area contributed by atoms with E-state index in [1.54, 1.807) is 13.8 Å². The number of carbonyl (C=O) groups excluding carboxylic acids is 1. The number of nitrogens with one attached hydrogen (secondary N) is 2. The topological polar surface area (TPSA) is 76.4 Å². The van der Waals surface area contributed by atoms with Crippen LogP contribution < -0.4 is 15.4 Å². The van der Waals surface area contributed by atoms with E-state index < -0.39 is 0 Å². The van der Waals surface area contributed by atoms with Gasteiger partial charge < -0.3 is 19.8 Å². The summed E-state index contributed by atoms with van der Waals surface area (Å²) in [5.74, 6) is 1.29. The van der Waals surface area contributed by atoms with Gasteiger partial charge in [0.15, 0.2) is 5.89 Å². The van der Waals surface area contributed by atoms with E-state index in [1.807, 2.05) is 18.2 Å². The lowest BCUT2D eigenvalue weighted by atomic mass is 10.1. The fourth-order valence-electron chi connectivity index (χ4n) is 2.32. The lowest BCUT2D eigenvalue weighted by molar-refractivity contribution is 0.0994. The molecule has 0 aliphatic carbocycles. The van der Waals surface area contributed by atoms with Crippen molar-refractivity contribution in [3.63, 3.8) is 0 Å². The van der Waals surface area contributed by atoms with Gasteiger partial charge in [0.05, 0.1) is 5.69 Å². The number of benzene rings is 1. The van der Waals surface area contributed by atoms with Crippen molar-refractivity contribution in [2.45, 2.75) is 20.4 Å². The van der Waals surface area contributed by atoms with Gasteiger partial charge in [0.2, 0.25) is 5.76 Å².